The van der Waals surface area contributed by atoms with Gasteiger partial charge in [-0.1, -0.05) is 15.9 Å². The van der Waals surface area contributed by atoms with Crippen molar-refractivity contribution in [1.82, 2.24) is 0 Å². The normalized spacial score (nSPS) is 12.6. The van der Waals surface area contributed by atoms with Gasteiger partial charge in [-0.25, -0.2) is 0 Å². The van der Waals surface area contributed by atoms with Crippen molar-refractivity contribution in [3.05, 3.63) is 28.2 Å². The first-order chi connectivity index (χ1) is 6.56. The van der Waals surface area contributed by atoms with Gasteiger partial charge in [0.2, 0.25) is 0 Å². The average molecular weight is 257 g/mol. The molecule has 0 amide bonds. The summed E-state index contributed by atoms with van der Waals surface area (Å²) in [5.41, 5.74) is 8.15. The van der Waals surface area contributed by atoms with Crippen LogP contribution in [0, 0.1) is 6.92 Å². The smallest absolute Gasteiger partial charge is 0.0396 e. The number of rotatable bonds is 3. The predicted molar refractivity (Wildman–Crippen MR) is 65.8 cm³/mol. The first-order valence-corrected chi connectivity index (χ1v) is 5.54. The van der Waals surface area contributed by atoms with Crippen LogP contribution in [0.1, 0.15) is 12.5 Å². The molecule has 3 heteroatoms. The van der Waals surface area contributed by atoms with Gasteiger partial charge in [0.15, 0.2) is 0 Å². The van der Waals surface area contributed by atoms with Gasteiger partial charge in [-0.2, -0.15) is 0 Å². The second-order valence-electron chi connectivity index (χ2n) is 3.63. The molecule has 0 aliphatic rings. The van der Waals surface area contributed by atoms with Gasteiger partial charge in [0.05, 0.1) is 0 Å². The van der Waals surface area contributed by atoms with Crippen molar-refractivity contribution in [3.63, 3.8) is 0 Å². The summed E-state index contributed by atoms with van der Waals surface area (Å²) in [4.78, 5) is 2.21. The van der Waals surface area contributed by atoms with Crippen LogP contribution in [0.25, 0.3) is 0 Å². The highest BCUT2D eigenvalue weighted by molar-refractivity contribution is 9.10. The van der Waals surface area contributed by atoms with E-state index in [1.807, 2.05) is 0 Å². The van der Waals surface area contributed by atoms with E-state index in [4.69, 9.17) is 5.73 Å². The minimum atomic E-state index is 0.370. The lowest BCUT2D eigenvalue weighted by atomic mass is 10.1. The van der Waals surface area contributed by atoms with Gasteiger partial charge in [0.1, 0.15) is 0 Å². The second-order valence-corrected chi connectivity index (χ2v) is 4.54. The zero-order valence-corrected chi connectivity index (χ0v) is 10.5. The molecule has 0 radical (unpaired) electrons. The molecule has 0 spiro atoms. The van der Waals surface area contributed by atoms with Crippen LogP contribution in [0.3, 0.4) is 0 Å². The number of aryl methyl sites for hydroxylation is 1. The van der Waals surface area contributed by atoms with Gasteiger partial charge in [-0.05, 0) is 37.6 Å². The van der Waals surface area contributed by atoms with Crippen LogP contribution in [-0.4, -0.2) is 19.6 Å². The number of likely N-dealkylation sites (N-methyl/N-ethyl adjacent to an activating group) is 1. The molecule has 1 unspecified atom stereocenters. The van der Waals surface area contributed by atoms with E-state index in [0.717, 1.165) is 4.47 Å². The molecule has 1 aromatic carbocycles. The molecule has 0 aliphatic carbocycles. The number of hydrogen-bond donors (Lipinski definition) is 1. The second kappa shape index (κ2) is 4.80. The number of halogens is 1. The molecule has 0 bridgehead atoms. The molecule has 1 atom stereocenters. The first kappa shape index (κ1) is 11.5. The maximum Gasteiger partial charge on any atom is 0.0396 e. The molecular weight excluding hydrogens is 240 g/mol. The SMILES string of the molecule is Cc1cc(Br)ccc1N(C)C(C)CN. The van der Waals surface area contributed by atoms with Crippen molar-refractivity contribution in [2.24, 2.45) is 5.73 Å². The van der Waals surface area contributed by atoms with Crippen LogP contribution < -0.4 is 10.6 Å². The van der Waals surface area contributed by atoms with Crippen LogP contribution >= 0.6 is 15.9 Å². The Morgan fingerprint density at radius 1 is 1.50 bits per heavy atom. The molecule has 0 saturated heterocycles. The van der Waals surface area contributed by atoms with Gasteiger partial charge in [0, 0.05) is 29.8 Å². The molecule has 78 valence electrons. The van der Waals surface area contributed by atoms with E-state index in [0.29, 0.717) is 12.6 Å². The molecule has 0 fully saturated rings. The molecule has 14 heavy (non-hydrogen) atoms. The van der Waals surface area contributed by atoms with Crippen molar-refractivity contribution >= 4 is 21.6 Å². The average Bonchev–Trinajstić information content (AvgIpc) is 2.15. The van der Waals surface area contributed by atoms with Gasteiger partial charge in [-0.15, -0.1) is 0 Å². The van der Waals surface area contributed by atoms with Crippen molar-refractivity contribution in [3.8, 4) is 0 Å². The molecule has 1 rings (SSSR count). The molecule has 2 nitrogen and oxygen atoms in total. The van der Waals surface area contributed by atoms with E-state index >= 15 is 0 Å². The summed E-state index contributed by atoms with van der Waals surface area (Å²) in [5.74, 6) is 0. The Hall–Kier alpha value is -0.540. The summed E-state index contributed by atoms with van der Waals surface area (Å²) in [7, 11) is 2.08. The van der Waals surface area contributed by atoms with E-state index in [-0.39, 0.29) is 0 Å². The van der Waals surface area contributed by atoms with Crippen molar-refractivity contribution in [2.45, 2.75) is 19.9 Å². The molecule has 1 aromatic rings. The number of benzene rings is 1. The third kappa shape index (κ3) is 2.49. The minimum absolute atomic E-state index is 0.370. The molecular formula is C11H17BrN2. The zero-order valence-electron chi connectivity index (χ0n) is 8.92. The number of anilines is 1. The lowest BCUT2D eigenvalue weighted by molar-refractivity contribution is 0.694. The Morgan fingerprint density at radius 3 is 2.64 bits per heavy atom. The highest BCUT2D eigenvalue weighted by Gasteiger charge is 2.10. The largest absolute Gasteiger partial charge is 0.370 e. The maximum absolute atomic E-state index is 5.64. The van der Waals surface area contributed by atoms with E-state index in [9.17, 15) is 0 Å². The van der Waals surface area contributed by atoms with Crippen molar-refractivity contribution in [1.29, 1.82) is 0 Å². The van der Waals surface area contributed by atoms with E-state index in [2.05, 4.69) is 59.9 Å². The third-order valence-electron chi connectivity index (χ3n) is 2.54. The predicted octanol–water partition coefficient (Wildman–Crippen LogP) is 2.54. The summed E-state index contributed by atoms with van der Waals surface area (Å²) in [5, 5.41) is 0. The van der Waals surface area contributed by atoms with Crippen LogP contribution in [0.15, 0.2) is 22.7 Å². The lowest BCUT2D eigenvalue weighted by Gasteiger charge is -2.27. The molecule has 0 saturated carbocycles. The lowest BCUT2D eigenvalue weighted by Crippen LogP contribution is -2.35. The van der Waals surface area contributed by atoms with Gasteiger partial charge in [0.25, 0.3) is 0 Å². The Balaban J connectivity index is 2.95. The first-order valence-electron chi connectivity index (χ1n) is 4.75. The Labute approximate surface area is 94.2 Å². The van der Waals surface area contributed by atoms with Crippen LogP contribution in [0.2, 0.25) is 0 Å². The van der Waals surface area contributed by atoms with Gasteiger partial charge >= 0.3 is 0 Å². The monoisotopic (exact) mass is 256 g/mol. The highest BCUT2D eigenvalue weighted by Crippen LogP contribution is 2.23. The summed E-state index contributed by atoms with van der Waals surface area (Å²) >= 11 is 3.46. The topological polar surface area (TPSA) is 29.3 Å². The van der Waals surface area contributed by atoms with Crippen molar-refractivity contribution < 1.29 is 0 Å². The Morgan fingerprint density at radius 2 is 2.14 bits per heavy atom. The van der Waals surface area contributed by atoms with Gasteiger partial charge < -0.3 is 10.6 Å². The zero-order chi connectivity index (χ0) is 10.7. The molecule has 0 heterocycles. The van der Waals surface area contributed by atoms with Crippen molar-refractivity contribution in [2.75, 3.05) is 18.5 Å². The van der Waals surface area contributed by atoms with Crippen LogP contribution in [-0.2, 0) is 0 Å². The Kier molecular flexibility index (Phi) is 3.96. The van der Waals surface area contributed by atoms with E-state index < -0.39 is 0 Å². The van der Waals surface area contributed by atoms with Gasteiger partial charge in [-0.3, -0.25) is 0 Å². The minimum Gasteiger partial charge on any atom is -0.370 e. The Bertz CT molecular complexity index is 312. The fourth-order valence-electron chi connectivity index (χ4n) is 1.41. The maximum atomic E-state index is 5.64. The summed E-state index contributed by atoms with van der Waals surface area (Å²) in [6.45, 7) is 4.91. The molecule has 0 aliphatic heterocycles. The summed E-state index contributed by atoms with van der Waals surface area (Å²) in [6.07, 6.45) is 0. The van der Waals surface area contributed by atoms with E-state index in [1.54, 1.807) is 0 Å². The van der Waals surface area contributed by atoms with Crippen LogP contribution in [0.4, 0.5) is 5.69 Å². The third-order valence-corrected chi connectivity index (χ3v) is 3.03. The fourth-order valence-corrected chi connectivity index (χ4v) is 1.89. The fraction of sp³-hybridized carbons (Fsp3) is 0.455. The number of hydrogen-bond acceptors (Lipinski definition) is 2. The molecule has 2 N–H and O–H groups in total. The van der Waals surface area contributed by atoms with E-state index in [1.165, 1.54) is 11.3 Å². The summed E-state index contributed by atoms with van der Waals surface area (Å²) in [6, 6.07) is 6.66. The quantitative estimate of drug-likeness (QED) is 0.901. The van der Waals surface area contributed by atoms with Crippen LogP contribution in [0.5, 0.6) is 0 Å². The highest BCUT2D eigenvalue weighted by atomic mass is 79.9. The molecule has 0 aromatic heterocycles. The number of nitrogens with two attached hydrogens (primary N) is 1. The standard InChI is InChI=1S/C11H17BrN2/c1-8-6-10(12)4-5-11(8)14(3)9(2)7-13/h4-6,9H,7,13H2,1-3H3. The number of nitrogens with zero attached hydrogens (tertiary/aromatic N) is 1. The summed E-state index contributed by atoms with van der Waals surface area (Å²) < 4.78 is 1.12.